The summed E-state index contributed by atoms with van der Waals surface area (Å²) in [6.07, 6.45) is -3.21. The Labute approximate surface area is 164 Å². The maximum atomic E-state index is 13.9. The first-order chi connectivity index (χ1) is 12.2. The molecule has 2 aromatic rings. The van der Waals surface area contributed by atoms with Crippen LogP contribution in [-0.4, -0.2) is 10.2 Å². The Balaban J connectivity index is 1.97. The van der Waals surface area contributed by atoms with Gasteiger partial charge in [0.15, 0.2) is 4.32 Å². The first kappa shape index (κ1) is 19.1. The lowest BCUT2D eigenvalue weighted by Gasteiger charge is -2.16. The number of hydrogen-bond donors (Lipinski definition) is 0. The van der Waals surface area contributed by atoms with E-state index in [4.69, 9.17) is 12.2 Å². The number of nitrogens with zero attached hydrogens (tertiary/aromatic N) is 1. The highest BCUT2D eigenvalue weighted by atomic mass is 79.9. The number of carbonyl (C=O) groups excluding carboxylic acids is 1. The molecule has 1 aliphatic rings. The topological polar surface area (TPSA) is 20.3 Å². The minimum atomic E-state index is -4.54. The van der Waals surface area contributed by atoms with E-state index in [1.54, 1.807) is 0 Å². The van der Waals surface area contributed by atoms with Crippen LogP contribution in [0, 0.1) is 5.82 Å². The van der Waals surface area contributed by atoms with Crippen molar-refractivity contribution < 1.29 is 22.4 Å². The molecule has 0 saturated carbocycles. The molecule has 134 valence electrons. The standard InChI is InChI=1S/C17H8BrF4NOS2/c18-11-4-5-13(19)9(6-11)7-14-15(24)23(16(25)26-14)12-3-1-2-10(8-12)17(20,21)22/h1-8H/b14-7+. The number of thiocarbonyl (C=S) groups is 1. The summed E-state index contributed by atoms with van der Waals surface area (Å²) in [5.41, 5.74) is -0.699. The third-order valence-electron chi connectivity index (χ3n) is 3.47. The van der Waals surface area contributed by atoms with Gasteiger partial charge in [0.25, 0.3) is 5.91 Å². The predicted octanol–water partition coefficient (Wildman–Crippen LogP) is 6.01. The van der Waals surface area contributed by atoms with E-state index in [-0.39, 0.29) is 20.5 Å². The summed E-state index contributed by atoms with van der Waals surface area (Å²) in [6.45, 7) is 0. The highest BCUT2D eigenvalue weighted by molar-refractivity contribution is 9.10. The van der Waals surface area contributed by atoms with Crippen LogP contribution in [0.1, 0.15) is 11.1 Å². The fourth-order valence-electron chi connectivity index (χ4n) is 2.28. The molecule has 0 spiro atoms. The monoisotopic (exact) mass is 461 g/mol. The molecule has 26 heavy (non-hydrogen) atoms. The number of rotatable bonds is 2. The van der Waals surface area contributed by atoms with Crippen LogP contribution in [0.25, 0.3) is 6.08 Å². The van der Waals surface area contributed by atoms with E-state index in [0.29, 0.717) is 4.47 Å². The zero-order valence-corrected chi connectivity index (χ0v) is 15.9. The summed E-state index contributed by atoms with van der Waals surface area (Å²) in [7, 11) is 0. The predicted molar refractivity (Wildman–Crippen MR) is 101 cm³/mol. The minimum Gasteiger partial charge on any atom is -0.268 e. The van der Waals surface area contributed by atoms with Crippen LogP contribution < -0.4 is 4.90 Å². The molecule has 1 heterocycles. The minimum absolute atomic E-state index is 0.0143. The molecule has 1 fully saturated rings. The van der Waals surface area contributed by atoms with Crippen LogP contribution in [-0.2, 0) is 11.0 Å². The van der Waals surface area contributed by atoms with E-state index in [0.717, 1.165) is 28.8 Å². The molecule has 1 amide bonds. The summed E-state index contributed by atoms with van der Waals surface area (Å²) in [4.78, 5) is 13.8. The van der Waals surface area contributed by atoms with Crippen LogP contribution in [0.3, 0.4) is 0 Å². The van der Waals surface area contributed by atoms with Crippen molar-refractivity contribution in [2.45, 2.75) is 6.18 Å². The van der Waals surface area contributed by atoms with Crippen LogP contribution in [0.4, 0.5) is 23.2 Å². The molecule has 2 nitrogen and oxygen atoms in total. The van der Waals surface area contributed by atoms with Gasteiger partial charge in [-0.3, -0.25) is 9.69 Å². The van der Waals surface area contributed by atoms with E-state index >= 15 is 0 Å². The summed E-state index contributed by atoms with van der Waals surface area (Å²) in [5, 5.41) is 0. The summed E-state index contributed by atoms with van der Waals surface area (Å²) >= 11 is 9.25. The van der Waals surface area contributed by atoms with Gasteiger partial charge in [0.2, 0.25) is 0 Å². The van der Waals surface area contributed by atoms with Crippen molar-refractivity contribution in [3.63, 3.8) is 0 Å². The number of hydrogen-bond acceptors (Lipinski definition) is 3. The average molecular weight is 462 g/mol. The van der Waals surface area contributed by atoms with Crippen molar-refractivity contribution in [2.75, 3.05) is 4.90 Å². The van der Waals surface area contributed by atoms with Crippen LogP contribution in [0.5, 0.6) is 0 Å². The highest BCUT2D eigenvalue weighted by Crippen LogP contribution is 2.38. The van der Waals surface area contributed by atoms with Gasteiger partial charge >= 0.3 is 6.18 Å². The largest absolute Gasteiger partial charge is 0.416 e. The molecule has 0 bridgehead atoms. The fourth-order valence-corrected chi connectivity index (χ4v) is 3.95. The molecule has 0 unspecified atom stereocenters. The molecule has 1 aliphatic heterocycles. The van der Waals surface area contributed by atoms with Crippen LogP contribution >= 0.6 is 39.9 Å². The zero-order chi connectivity index (χ0) is 19.1. The van der Waals surface area contributed by atoms with Gasteiger partial charge in [0, 0.05) is 10.0 Å². The van der Waals surface area contributed by atoms with Crippen molar-refractivity contribution in [3.8, 4) is 0 Å². The summed E-state index contributed by atoms with van der Waals surface area (Å²) in [6, 6.07) is 8.58. The number of anilines is 1. The third kappa shape index (κ3) is 3.84. The molecular formula is C17H8BrF4NOS2. The van der Waals surface area contributed by atoms with Crippen molar-refractivity contribution in [3.05, 3.63) is 68.8 Å². The maximum absolute atomic E-state index is 13.9. The van der Waals surface area contributed by atoms with E-state index in [2.05, 4.69) is 15.9 Å². The first-order valence-electron chi connectivity index (χ1n) is 7.07. The van der Waals surface area contributed by atoms with Gasteiger partial charge in [0.05, 0.1) is 16.2 Å². The Hall–Kier alpha value is -1.71. The number of carbonyl (C=O) groups is 1. The van der Waals surface area contributed by atoms with Crippen molar-refractivity contribution in [1.82, 2.24) is 0 Å². The summed E-state index contributed by atoms with van der Waals surface area (Å²) in [5.74, 6) is -1.13. The number of halogens is 5. The molecule has 0 aromatic heterocycles. The number of benzene rings is 2. The second kappa shape index (κ2) is 7.13. The third-order valence-corrected chi connectivity index (χ3v) is 5.27. The lowest BCUT2D eigenvalue weighted by molar-refractivity contribution is -0.137. The molecule has 0 aliphatic carbocycles. The Morgan fingerprint density at radius 1 is 1.15 bits per heavy atom. The van der Waals surface area contributed by atoms with Crippen LogP contribution in [0.15, 0.2) is 51.8 Å². The van der Waals surface area contributed by atoms with Crippen LogP contribution in [0.2, 0.25) is 0 Å². The second-order valence-electron chi connectivity index (χ2n) is 5.23. The molecule has 3 rings (SSSR count). The van der Waals surface area contributed by atoms with Gasteiger partial charge < -0.3 is 0 Å². The molecule has 0 N–H and O–H groups in total. The fraction of sp³-hybridized carbons (Fsp3) is 0.0588. The lowest BCUT2D eigenvalue weighted by atomic mass is 10.1. The number of alkyl halides is 3. The molecule has 2 aromatic carbocycles. The van der Waals surface area contributed by atoms with E-state index in [9.17, 15) is 22.4 Å². The normalized spacial score (nSPS) is 16.7. The van der Waals surface area contributed by atoms with E-state index < -0.39 is 23.5 Å². The van der Waals surface area contributed by atoms with Gasteiger partial charge in [-0.2, -0.15) is 13.2 Å². The van der Waals surface area contributed by atoms with Gasteiger partial charge in [-0.1, -0.05) is 46.0 Å². The van der Waals surface area contributed by atoms with Gasteiger partial charge in [-0.25, -0.2) is 4.39 Å². The quantitative estimate of drug-likeness (QED) is 0.310. The van der Waals surface area contributed by atoms with Gasteiger partial charge in [-0.15, -0.1) is 0 Å². The maximum Gasteiger partial charge on any atom is 0.416 e. The van der Waals surface area contributed by atoms with Gasteiger partial charge in [-0.05, 0) is 42.5 Å². The zero-order valence-electron chi connectivity index (χ0n) is 12.7. The second-order valence-corrected chi connectivity index (χ2v) is 7.82. The molecule has 1 saturated heterocycles. The van der Waals surface area contributed by atoms with E-state index in [1.165, 1.54) is 36.4 Å². The number of thioether (sulfide) groups is 1. The molecular weight excluding hydrogens is 454 g/mol. The van der Waals surface area contributed by atoms with Gasteiger partial charge in [0.1, 0.15) is 5.82 Å². The Kier molecular flexibility index (Phi) is 5.23. The smallest absolute Gasteiger partial charge is 0.268 e. The Morgan fingerprint density at radius 2 is 1.88 bits per heavy atom. The average Bonchev–Trinajstić information content (AvgIpc) is 2.84. The Morgan fingerprint density at radius 3 is 2.58 bits per heavy atom. The molecule has 9 heteroatoms. The number of amides is 1. The lowest BCUT2D eigenvalue weighted by Crippen LogP contribution is -2.27. The Bertz CT molecular complexity index is 943. The summed E-state index contributed by atoms with van der Waals surface area (Å²) < 4.78 is 53.3. The van der Waals surface area contributed by atoms with Crippen molar-refractivity contribution in [1.29, 1.82) is 0 Å². The molecule has 0 atom stereocenters. The molecule has 0 radical (unpaired) electrons. The highest BCUT2D eigenvalue weighted by Gasteiger charge is 2.36. The van der Waals surface area contributed by atoms with Crippen molar-refractivity contribution >= 4 is 61.9 Å². The van der Waals surface area contributed by atoms with E-state index in [1.807, 2.05) is 0 Å². The first-order valence-corrected chi connectivity index (χ1v) is 9.09. The SMILES string of the molecule is O=C1/C(=C\c2cc(Br)ccc2F)SC(=S)N1c1cccc(C(F)(F)F)c1. The van der Waals surface area contributed by atoms with Crippen molar-refractivity contribution in [2.24, 2.45) is 0 Å².